The summed E-state index contributed by atoms with van der Waals surface area (Å²) in [5.74, 6) is -3.53. The van der Waals surface area contributed by atoms with Crippen LogP contribution in [0.2, 0.25) is 0 Å². The van der Waals surface area contributed by atoms with Crippen molar-refractivity contribution in [3.05, 3.63) is 70.4 Å². The van der Waals surface area contributed by atoms with Crippen LogP contribution in [0, 0.1) is 11.8 Å². The Labute approximate surface area is 344 Å². The summed E-state index contributed by atoms with van der Waals surface area (Å²) in [7, 11) is 4.32. The summed E-state index contributed by atoms with van der Waals surface area (Å²) < 4.78 is 40.5. The molecule has 0 amide bonds. The Hall–Kier alpha value is -2.57. The predicted octanol–water partition coefficient (Wildman–Crippen LogP) is 3.73. The molecule has 3 heterocycles. The van der Waals surface area contributed by atoms with Gasteiger partial charge in [0.2, 0.25) is 5.79 Å². The lowest BCUT2D eigenvalue weighted by Crippen LogP contribution is -2.58. The summed E-state index contributed by atoms with van der Waals surface area (Å²) in [4.78, 5) is 13.7. The van der Waals surface area contributed by atoms with Gasteiger partial charge in [0.05, 0.1) is 43.2 Å². The van der Waals surface area contributed by atoms with E-state index in [-0.39, 0.29) is 43.3 Å². The standard InChI is InChI=1S/C44H70O14/c1-24-13-12-14-33(46)36(53-10)22-37(41(49)44(51)30(7)20-28(5)35(58-44)21-32(45)23-52-9)56-42(50)29(6)19-26(3)17-25(2)18-27(4)34(16-15-24)57-43-39(48)38(47)40(54-11)31(8)55-43/h13,15-20,27-28,31-41,43,45-49,51H,12,14,21-23H2,1-11H3/b16-15+,24-13+,25-18+,26-17+,29-19+/t27-,28-,31+,32-,33-,34-,35-,36+,37+,38+,39+,40+,41-,43+,44-/m1/s1. The Balaban J connectivity index is 2.00. The zero-order valence-electron chi connectivity index (χ0n) is 36.1. The molecule has 0 aliphatic carbocycles. The summed E-state index contributed by atoms with van der Waals surface area (Å²) in [6, 6.07) is 0. The van der Waals surface area contributed by atoms with Crippen LogP contribution >= 0.6 is 0 Å². The van der Waals surface area contributed by atoms with Crippen molar-refractivity contribution >= 4 is 5.97 Å². The Morgan fingerprint density at radius 3 is 2.22 bits per heavy atom. The molecule has 0 aromatic heterocycles. The van der Waals surface area contributed by atoms with Crippen molar-refractivity contribution in [2.75, 3.05) is 27.9 Å². The first-order valence-electron chi connectivity index (χ1n) is 20.2. The van der Waals surface area contributed by atoms with E-state index in [2.05, 4.69) is 0 Å². The van der Waals surface area contributed by atoms with E-state index in [1.807, 2.05) is 65.0 Å². The minimum atomic E-state index is -2.29. The third kappa shape index (κ3) is 13.5. The van der Waals surface area contributed by atoms with E-state index >= 15 is 0 Å². The maximum absolute atomic E-state index is 13.7. The fourth-order valence-corrected chi connectivity index (χ4v) is 7.80. The topological polar surface area (TPSA) is 203 Å². The molecule has 1 saturated heterocycles. The number of hydrogen-bond donors (Lipinski definition) is 6. The molecule has 0 bridgehead atoms. The highest BCUT2D eigenvalue weighted by molar-refractivity contribution is 5.88. The Kier molecular flexibility index (Phi) is 19.6. The number of allylic oxidation sites excluding steroid dienone is 7. The van der Waals surface area contributed by atoms with Crippen LogP contribution in [0.3, 0.4) is 0 Å². The molecule has 6 N–H and O–H groups in total. The number of carbonyl (C=O) groups excluding carboxylic acids is 1. The van der Waals surface area contributed by atoms with Crippen molar-refractivity contribution in [2.24, 2.45) is 11.8 Å². The lowest BCUT2D eigenvalue weighted by atomic mass is 9.85. The van der Waals surface area contributed by atoms with E-state index in [0.717, 1.165) is 11.1 Å². The normalized spacial score (nSPS) is 41.8. The van der Waals surface area contributed by atoms with Crippen molar-refractivity contribution in [2.45, 2.75) is 160 Å². The van der Waals surface area contributed by atoms with E-state index < -0.39 is 85.2 Å². The largest absolute Gasteiger partial charge is 0.456 e. The SMILES string of the molecule is COC[C@H](O)C[C@H]1O[C@@](O)([C@H](O)[C@@H]2C[C@H](OC)[C@H](O)CC/C=C(C)/C=C/[C@@H](O[C@@H]3O[C@@H](C)[C@H](OC)[C@@H](O)[C@@H]3O)[C@H](C)/C=C(C)/C=C(C)/C=C(\C)C(=O)O2)C(C)=C[C@H]1C. The quantitative estimate of drug-likeness (QED) is 0.137. The van der Waals surface area contributed by atoms with Gasteiger partial charge in [0.25, 0.3) is 0 Å². The van der Waals surface area contributed by atoms with Crippen molar-refractivity contribution in [3.63, 3.8) is 0 Å². The first kappa shape index (κ1) is 49.8. The number of ether oxygens (including phenoxy) is 7. The summed E-state index contributed by atoms with van der Waals surface area (Å²) in [5.41, 5.74) is 2.95. The van der Waals surface area contributed by atoms with Gasteiger partial charge in [-0.15, -0.1) is 0 Å². The molecular weight excluding hydrogens is 752 g/mol. The third-order valence-corrected chi connectivity index (χ3v) is 11.2. The Bertz CT molecular complexity index is 1520. The molecular formula is C44H70O14. The molecule has 3 aliphatic heterocycles. The molecule has 15 atom stereocenters. The van der Waals surface area contributed by atoms with Crippen LogP contribution in [0.4, 0.5) is 0 Å². The number of aliphatic hydroxyl groups excluding tert-OH is 5. The zero-order chi connectivity index (χ0) is 43.5. The second-order valence-corrected chi connectivity index (χ2v) is 16.2. The average molecular weight is 823 g/mol. The van der Waals surface area contributed by atoms with Crippen LogP contribution in [0.25, 0.3) is 0 Å². The molecule has 14 nitrogen and oxygen atoms in total. The van der Waals surface area contributed by atoms with Crippen molar-refractivity contribution < 1.29 is 68.6 Å². The van der Waals surface area contributed by atoms with Gasteiger partial charge in [-0.25, -0.2) is 4.79 Å². The molecule has 0 unspecified atom stereocenters. The van der Waals surface area contributed by atoms with Gasteiger partial charge < -0.3 is 63.8 Å². The molecule has 0 aromatic rings. The van der Waals surface area contributed by atoms with Gasteiger partial charge in [0, 0.05) is 51.6 Å². The summed E-state index contributed by atoms with van der Waals surface area (Å²) in [6.07, 6.45) is 1.24. The average Bonchev–Trinajstić information content (AvgIpc) is 3.15. The monoisotopic (exact) mass is 822 g/mol. The summed E-state index contributed by atoms with van der Waals surface area (Å²) in [5, 5.41) is 67.3. The van der Waals surface area contributed by atoms with E-state index in [4.69, 9.17) is 33.2 Å². The van der Waals surface area contributed by atoms with Gasteiger partial charge in [-0.2, -0.15) is 0 Å². The van der Waals surface area contributed by atoms with Crippen LogP contribution in [0.5, 0.6) is 0 Å². The minimum absolute atomic E-state index is 0.0552. The fourth-order valence-electron chi connectivity index (χ4n) is 7.80. The second-order valence-electron chi connectivity index (χ2n) is 16.2. The van der Waals surface area contributed by atoms with Gasteiger partial charge >= 0.3 is 5.97 Å². The Morgan fingerprint density at radius 2 is 1.59 bits per heavy atom. The predicted molar refractivity (Wildman–Crippen MR) is 217 cm³/mol. The van der Waals surface area contributed by atoms with Gasteiger partial charge in [0.1, 0.15) is 30.5 Å². The summed E-state index contributed by atoms with van der Waals surface area (Å²) >= 11 is 0. The van der Waals surface area contributed by atoms with E-state index in [9.17, 15) is 35.4 Å². The number of hydrogen-bond acceptors (Lipinski definition) is 14. The van der Waals surface area contributed by atoms with Crippen molar-refractivity contribution in [1.82, 2.24) is 0 Å². The first-order valence-corrected chi connectivity index (χ1v) is 20.2. The van der Waals surface area contributed by atoms with E-state index in [1.54, 1.807) is 32.9 Å². The van der Waals surface area contributed by atoms with Crippen molar-refractivity contribution in [3.8, 4) is 0 Å². The summed E-state index contributed by atoms with van der Waals surface area (Å²) in [6.45, 7) is 14.5. The molecule has 0 spiro atoms. The van der Waals surface area contributed by atoms with Crippen LogP contribution in [-0.4, -0.2) is 144 Å². The Morgan fingerprint density at radius 1 is 0.897 bits per heavy atom. The fraction of sp³-hybridized carbons (Fsp3) is 0.705. The first-order chi connectivity index (χ1) is 27.2. The molecule has 0 saturated carbocycles. The van der Waals surface area contributed by atoms with Crippen LogP contribution in [-0.2, 0) is 38.0 Å². The highest BCUT2D eigenvalue weighted by atomic mass is 16.7. The highest BCUT2D eigenvalue weighted by Crippen LogP contribution is 2.38. The zero-order valence-corrected chi connectivity index (χ0v) is 36.1. The third-order valence-electron chi connectivity index (χ3n) is 11.2. The molecule has 0 radical (unpaired) electrons. The molecule has 0 aromatic carbocycles. The molecule has 14 heteroatoms. The number of cyclic esters (lactones) is 1. The smallest absolute Gasteiger partial charge is 0.334 e. The molecule has 330 valence electrons. The van der Waals surface area contributed by atoms with Crippen molar-refractivity contribution in [1.29, 1.82) is 0 Å². The van der Waals surface area contributed by atoms with Crippen LogP contribution < -0.4 is 0 Å². The maximum atomic E-state index is 13.7. The van der Waals surface area contributed by atoms with E-state index in [1.165, 1.54) is 21.3 Å². The molecule has 3 aliphatic rings. The van der Waals surface area contributed by atoms with Crippen LogP contribution in [0.1, 0.15) is 81.1 Å². The van der Waals surface area contributed by atoms with Gasteiger partial charge in [-0.3, -0.25) is 0 Å². The minimum Gasteiger partial charge on any atom is -0.456 e. The number of carbonyl (C=O) groups is 1. The van der Waals surface area contributed by atoms with Gasteiger partial charge in [-0.05, 0) is 66.0 Å². The number of aliphatic hydroxyl groups is 6. The lowest BCUT2D eigenvalue weighted by molar-refractivity contribution is -0.305. The van der Waals surface area contributed by atoms with Gasteiger partial charge in [-0.1, -0.05) is 67.0 Å². The molecule has 58 heavy (non-hydrogen) atoms. The highest BCUT2D eigenvalue weighted by Gasteiger charge is 2.50. The number of esters is 1. The van der Waals surface area contributed by atoms with Gasteiger partial charge in [0.15, 0.2) is 6.29 Å². The second kappa shape index (κ2) is 22.9. The maximum Gasteiger partial charge on any atom is 0.334 e. The van der Waals surface area contributed by atoms with Crippen LogP contribution in [0.15, 0.2) is 70.4 Å². The number of rotatable bonds is 10. The molecule has 1 fully saturated rings. The number of methoxy groups -OCH3 is 3. The lowest BCUT2D eigenvalue weighted by Gasteiger charge is -2.45. The van der Waals surface area contributed by atoms with E-state index in [0.29, 0.717) is 17.6 Å². The molecule has 3 rings (SSSR count).